The fourth-order valence-corrected chi connectivity index (χ4v) is 6.22. The Balaban J connectivity index is 1.80. The molecule has 1 unspecified atom stereocenters. The van der Waals surface area contributed by atoms with Gasteiger partial charge in [-0.1, -0.05) is 43.8 Å². The largest absolute Gasteiger partial charge is 0.335 e. The number of hydrogen-bond acceptors (Lipinski definition) is 4. The Labute approximate surface area is 232 Å². The predicted molar refractivity (Wildman–Crippen MR) is 151 cm³/mol. The predicted octanol–water partition coefficient (Wildman–Crippen LogP) is 7.38. The zero-order chi connectivity index (χ0) is 27.5. The minimum absolute atomic E-state index is 0.00246. The first kappa shape index (κ1) is 29.4. The molecule has 198 valence electrons. The van der Waals surface area contributed by atoms with Crippen LogP contribution in [-0.2, 0) is 10.0 Å². The van der Waals surface area contributed by atoms with Crippen molar-refractivity contribution in [2.45, 2.75) is 67.3 Å². The van der Waals surface area contributed by atoms with E-state index in [-0.39, 0.29) is 28.2 Å². The van der Waals surface area contributed by atoms with Crippen LogP contribution in [0.1, 0.15) is 68.1 Å². The molecule has 3 aromatic carbocycles. The minimum Gasteiger partial charge on any atom is -0.335 e. The van der Waals surface area contributed by atoms with Crippen LogP contribution in [0.2, 0.25) is 0 Å². The van der Waals surface area contributed by atoms with E-state index in [0.29, 0.717) is 20.8 Å². The Morgan fingerprint density at radius 2 is 1.57 bits per heavy atom. The Kier molecular flexibility index (Phi) is 9.61. The van der Waals surface area contributed by atoms with E-state index in [9.17, 15) is 13.2 Å². The number of rotatable bonds is 9. The average Bonchev–Trinajstić information content (AvgIpc) is 2.83. The Bertz CT molecular complexity index is 1380. The lowest BCUT2D eigenvalue weighted by atomic mass is 10.0. The molecule has 9 heteroatoms. The van der Waals surface area contributed by atoms with E-state index in [1.807, 2.05) is 18.2 Å². The number of amides is 1. The standard InChI is InChI=1S/C28H32BrFN2O3S2/c1-17(2)20-7-10-22(11-8-20)36-27-14-9-21(15-26(27)30)19(5)32(6)28(33)24-16-23(12-13-25(24)29)37(34,35)31-18(3)4/h7-19,31H,1-6H3. The number of carbonyl (C=O) groups excluding carboxylic acids is 1. The van der Waals surface area contributed by atoms with Crippen LogP contribution in [-0.4, -0.2) is 32.3 Å². The highest BCUT2D eigenvalue weighted by Gasteiger charge is 2.24. The van der Waals surface area contributed by atoms with Gasteiger partial charge in [0.1, 0.15) is 5.82 Å². The Morgan fingerprint density at radius 3 is 2.14 bits per heavy atom. The van der Waals surface area contributed by atoms with Crippen molar-refractivity contribution in [3.05, 3.63) is 87.6 Å². The third-order valence-electron chi connectivity index (χ3n) is 5.98. The van der Waals surface area contributed by atoms with Crippen molar-refractivity contribution >= 4 is 43.6 Å². The molecule has 3 aromatic rings. The van der Waals surface area contributed by atoms with E-state index >= 15 is 4.39 Å². The quantitative estimate of drug-likeness (QED) is 0.276. The molecular weight excluding hydrogens is 575 g/mol. The molecular formula is C28H32BrFN2O3S2. The van der Waals surface area contributed by atoms with E-state index in [1.54, 1.807) is 40.0 Å². The van der Waals surface area contributed by atoms with Gasteiger partial charge in [-0.3, -0.25) is 4.79 Å². The third-order valence-corrected chi connectivity index (χ3v) is 9.39. The van der Waals surface area contributed by atoms with Gasteiger partial charge in [0, 0.05) is 27.4 Å². The molecule has 0 heterocycles. The molecule has 0 aromatic heterocycles. The number of carbonyl (C=O) groups is 1. The number of hydrogen-bond donors (Lipinski definition) is 1. The molecule has 0 aliphatic rings. The summed E-state index contributed by atoms with van der Waals surface area (Å²) in [6, 6.07) is 16.7. The highest BCUT2D eigenvalue weighted by molar-refractivity contribution is 9.10. The summed E-state index contributed by atoms with van der Waals surface area (Å²) < 4.78 is 43.2. The summed E-state index contributed by atoms with van der Waals surface area (Å²) >= 11 is 4.71. The first-order valence-electron chi connectivity index (χ1n) is 12.0. The second-order valence-electron chi connectivity index (χ2n) is 9.53. The molecule has 0 saturated heterocycles. The van der Waals surface area contributed by atoms with Crippen LogP contribution in [0.25, 0.3) is 0 Å². The van der Waals surface area contributed by atoms with Crippen molar-refractivity contribution in [3.8, 4) is 0 Å². The molecule has 5 nitrogen and oxygen atoms in total. The highest BCUT2D eigenvalue weighted by Crippen LogP contribution is 2.33. The second-order valence-corrected chi connectivity index (χ2v) is 13.2. The Hall–Kier alpha value is -2.20. The highest BCUT2D eigenvalue weighted by atomic mass is 79.9. The lowest BCUT2D eigenvalue weighted by Gasteiger charge is -2.26. The molecule has 0 saturated carbocycles. The van der Waals surface area contributed by atoms with Crippen LogP contribution >= 0.6 is 27.7 Å². The molecule has 0 aliphatic heterocycles. The Morgan fingerprint density at radius 1 is 0.946 bits per heavy atom. The van der Waals surface area contributed by atoms with Crippen LogP contribution < -0.4 is 4.72 Å². The van der Waals surface area contributed by atoms with Gasteiger partial charge in [0.25, 0.3) is 5.91 Å². The van der Waals surface area contributed by atoms with E-state index in [2.05, 4.69) is 46.6 Å². The van der Waals surface area contributed by atoms with Crippen LogP contribution in [0.5, 0.6) is 0 Å². The smallest absolute Gasteiger partial charge is 0.255 e. The van der Waals surface area contributed by atoms with Crippen molar-refractivity contribution in [1.29, 1.82) is 0 Å². The van der Waals surface area contributed by atoms with Crippen molar-refractivity contribution in [1.82, 2.24) is 9.62 Å². The molecule has 3 rings (SSSR count). The average molecular weight is 608 g/mol. The van der Waals surface area contributed by atoms with Crippen LogP contribution in [0.3, 0.4) is 0 Å². The van der Waals surface area contributed by atoms with E-state index in [4.69, 9.17) is 0 Å². The molecule has 0 radical (unpaired) electrons. The maximum Gasteiger partial charge on any atom is 0.255 e. The maximum atomic E-state index is 15.0. The summed E-state index contributed by atoms with van der Waals surface area (Å²) in [7, 11) is -2.15. The van der Waals surface area contributed by atoms with Crippen LogP contribution in [0, 0.1) is 5.82 Å². The molecule has 0 spiro atoms. The molecule has 1 amide bonds. The number of halogens is 2. The molecule has 0 aliphatic carbocycles. The van der Waals surface area contributed by atoms with E-state index in [1.165, 1.54) is 40.4 Å². The van der Waals surface area contributed by atoms with Gasteiger partial charge in [-0.15, -0.1) is 0 Å². The summed E-state index contributed by atoms with van der Waals surface area (Å²) in [5, 5.41) is 0. The lowest BCUT2D eigenvalue weighted by molar-refractivity contribution is 0.0741. The summed E-state index contributed by atoms with van der Waals surface area (Å²) in [4.78, 5) is 16.3. The zero-order valence-electron chi connectivity index (χ0n) is 21.7. The van der Waals surface area contributed by atoms with Gasteiger partial charge in [0.2, 0.25) is 10.0 Å². The number of benzene rings is 3. The summed E-state index contributed by atoms with van der Waals surface area (Å²) in [6.45, 7) is 9.52. The van der Waals surface area contributed by atoms with Crippen LogP contribution in [0.4, 0.5) is 4.39 Å². The molecule has 37 heavy (non-hydrogen) atoms. The maximum absolute atomic E-state index is 15.0. The third kappa shape index (κ3) is 7.22. The van der Waals surface area contributed by atoms with Gasteiger partial charge in [0.05, 0.1) is 16.5 Å². The van der Waals surface area contributed by atoms with Gasteiger partial charge in [0.15, 0.2) is 0 Å². The van der Waals surface area contributed by atoms with E-state index in [0.717, 1.165) is 4.90 Å². The number of sulfonamides is 1. The fraction of sp³-hybridized carbons (Fsp3) is 0.321. The van der Waals surface area contributed by atoms with Gasteiger partial charge >= 0.3 is 0 Å². The fourth-order valence-electron chi connectivity index (χ4n) is 3.71. The normalized spacial score (nSPS) is 12.7. The summed E-state index contributed by atoms with van der Waals surface area (Å²) in [5.74, 6) is -0.317. The zero-order valence-corrected chi connectivity index (χ0v) is 25.0. The van der Waals surface area contributed by atoms with Crippen molar-refractivity contribution in [3.63, 3.8) is 0 Å². The van der Waals surface area contributed by atoms with Crippen molar-refractivity contribution in [2.75, 3.05) is 7.05 Å². The van der Waals surface area contributed by atoms with Crippen LogP contribution in [0.15, 0.2) is 79.8 Å². The van der Waals surface area contributed by atoms with Gasteiger partial charge in [-0.2, -0.15) is 0 Å². The van der Waals surface area contributed by atoms with Crippen molar-refractivity contribution < 1.29 is 17.6 Å². The van der Waals surface area contributed by atoms with Gasteiger partial charge < -0.3 is 4.90 Å². The summed E-state index contributed by atoms with van der Waals surface area (Å²) in [5.41, 5.74) is 2.07. The molecule has 0 fully saturated rings. The SMILES string of the molecule is CC(C)NS(=O)(=O)c1ccc(Br)c(C(=O)N(C)C(C)c2ccc(Sc3ccc(C(C)C)cc3)c(F)c2)c1. The molecule has 1 atom stereocenters. The molecule has 1 N–H and O–H groups in total. The van der Waals surface area contributed by atoms with Crippen molar-refractivity contribution in [2.24, 2.45) is 0 Å². The summed E-state index contributed by atoms with van der Waals surface area (Å²) in [6.07, 6.45) is 0. The molecule has 0 bridgehead atoms. The van der Waals surface area contributed by atoms with Gasteiger partial charge in [-0.05, 0) is 96.2 Å². The lowest BCUT2D eigenvalue weighted by Crippen LogP contribution is -2.32. The number of nitrogens with zero attached hydrogens (tertiary/aromatic N) is 1. The first-order valence-corrected chi connectivity index (χ1v) is 15.1. The second kappa shape index (κ2) is 12.1. The van der Waals surface area contributed by atoms with Gasteiger partial charge in [-0.25, -0.2) is 17.5 Å². The topological polar surface area (TPSA) is 66.5 Å². The monoisotopic (exact) mass is 606 g/mol. The minimum atomic E-state index is -3.77. The van der Waals surface area contributed by atoms with E-state index < -0.39 is 16.1 Å². The number of nitrogens with one attached hydrogen (secondary N) is 1. The first-order chi connectivity index (χ1) is 17.3.